The van der Waals surface area contributed by atoms with E-state index in [4.69, 9.17) is 9.47 Å². The number of ether oxygens (including phenoxy) is 2. The third kappa shape index (κ3) is 4.45. The standard InChI is InChI=1S/C21H30N2O3/c1-16-3-2-4-17(13-16)14-23(19-5-6-19)15-20(24)22-18-7-9-21(10-8-18)25-11-12-26-21/h2-4,13,18-19H,5-12,14-15H2,1H3,(H,22,24). The number of carbonyl (C=O) groups excluding carboxylic acids is 1. The van der Waals surface area contributed by atoms with Crippen molar-refractivity contribution in [1.29, 1.82) is 0 Å². The molecule has 5 heteroatoms. The highest BCUT2D eigenvalue weighted by atomic mass is 16.7. The summed E-state index contributed by atoms with van der Waals surface area (Å²) < 4.78 is 11.5. The van der Waals surface area contributed by atoms with E-state index < -0.39 is 0 Å². The zero-order chi connectivity index (χ0) is 18.0. The SMILES string of the molecule is Cc1cccc(CN(CC(=O)NC2CCC3(CC2)OCCO3)C2CC2)c1. The summed E-state index contributed by atoms with van der Waals surface area (Å²) in [4.78, 5) is 14.9. The van der Waals surface area contributed by atoms with Gasteiger partial charge in [-0.3, -0.25) is 9.69 Å². The number of carbonyl (C=O) groups is 1. The van der Waals surface area contributed by atoms with E-state index in [1.165, 1.54) is 24.0 Å². The van der Waals surface area contributed by atoms with Crippen LogP contribution in [0.25, 0.3) is 0 Å². The second kappa shape index (κ2) is 7.67. The van der Waals surface area contributed by atoms with E-state index in [0.717, 1.165) is 32.2 Å². The number of benzene rings is 1. The molecule has 0 atom stereocenters. The minimum atomic E-state index is -0.355. The smallest absolute Gasteiger partial charge is 0.234 e. The molecule has 1 aromatic rings. The van der Waals surface area contributed by atoms with E-state index in [9.17, 15) is 4.79 Å². The second-order valence-electron chi connectivity index (χ2n) is 8.07. The van der Waals surface area contributed by atoms with Crippen molar-refractivity contribution < 1.29 is 14.3 Å². The van der Waals surface area contributed by atoms with Gasteiger partial charge in [0.05, 0.1) is 19.8 Å². The molecule has 2 aliphatic carbocycles. The van der Waals surface area contributed by atoms with Crippen LogP contribution in [0.4, 0.5) is 0 Å². The molecule has 1 amide bonds. The highest BCUT2D eigenvalue weighted by Gasteiger charge is 2.40. The van der Waals surface area contributed by atoms with Crippen molar-refractivity contribution in [3.8, 4) is 0 Å². The van der Waals surface area contributed by atoms with Gasteiger partial charge in [0.15, 0.2) is 5.79 Å². The Morgan fingerprint density at radius 1 is 1.19 bits per heavy atom. The summed E-state index contributed by atoms with van der Waals surface area (Å²) in [5.41, 5.74) is 2.56. The number of amides is 1. The molecule has 1 aromatic carbocycles. The Balaban J connectivity index is 1.27. The molecule has 0 radical (unpaired) electrons. The third-order valence-electron chi connectivity index (χ3n) is 5.80. The van der Waals surface area contributed by atoms with Crippen molar-refractivity contribution in [2.75, 3.05) is 19.8 Å². The van der Waals surface area contributed by atoms with Crippen LogP contribution in [-0.2, 0) is 20.8 Å². The van der Waals surface area contributed by atoms with Gasteiger partial charge < -0.3 is 14.8 Å². The average molecular weight is 358 g/mol. The highest BCUT2D eigenvalue weighted by Crippen LogP contribution is 2.35. The molecular formula is C21H30N2O3. The molecule has 0 aromatic heterocycles. The van der Waals surface area contributed by atoms with Crippen molar-refractivity contribution in [3.05, 3.63) is 35.4 Å². The van der Waals surface area contributed by atoms with Gasteiger partial charge in [-0.15, -0.1) is 0 Å². The zero-order valence-corrected chi connectivity index (χ0v) is 15.7. The van der Waals surface area contributed by atoms with Crippen LogP contribution in [0.5, 0.6) is 0 Å². The summed E-state index contributed by atoms with van der Waals surface area (Å²) in [6.07, 6.45) is 6.06. The summed E-state index contributed by atoms with van der Waals surface area (Å²) in [6, 6.07) is 9.40. The molecule has 3 fully saturated rings. The maximum atomic E-state index is 12.6. The van der Waals surface area contributed by atoms with Gasteiger partial charge >= 0.3 is 0 Å². The molecule has 2 saturated carbocycles. The van der Waals surface area contributed by atoms with Crippen LogP contribution < -0.4 is 5.32 Å². The maximum Gasteiger partial charge on any atom is 0.234 e. The molecule has 5 nitrogen and oxygen atoms in total. The fraction of sp³-hybridized carbons (Fsp3) is 0.667. The molecule has 1 N–H and O–H groups in total. The minimum Gasteiger partial charge on any atom is -0.352 e. The van der Waals surface area contributed by atoms with Gasteiger partial charge in [0.2, 0.25) is 5.91 Å². The monoisotopic (exact) mass is 358 g/mol. The first-order valence-electron chi connectivity index (χ1n) is 9.99. The third-order valence-corrected chi connectivity index (χ3v) is 5.80. The Morgan fingerprint density at radius 2 is 1.92 bits per heavy atom. The summed E-state index contributed by atoms with van der Waals surface area (Å²) in [7, 11) is 0. The van der Waals surface area contributed by atoms with Gasteiger partial charge in [-0.2, -0.15) is 0 Å². The van der Waals surface area contributed by atoms with Crippen molar-refractivity contribution in [2.45, 2.75) is 69.9 Å². The van der Waals surface area contributed by atoms with Crippen LogP contribution in [0.1, 0.15) is 49.7 Å². The van der Waals surface area contributed by atoms with Gasteiger partial charge in [-0.25, -0.2) is 0 Å². The van der Waals surface area contributed by atoms with Crippen LogP contribution in [0, 0.1) is 6.92 Å². The predicted molar refractivity (Wildman–Crippen MR) is 99.6 cm³/mol. The van der Waals surface area contributed by atoms with Crippen molar-refractivity contribution in [3.63, 3.8) is 0 Å². The quantitative estimate of drug-likeness (QED) is 0.850. The van der Waals surface area contributed by atoms with E-state index in [2.05, 4.69) is 41.4 Å². The van der Waals surface area contributed by atoms with Crippen molar-refractivity contribution in [1.82, 2.24) is 10.2 Å². The van der Waals surface area contributed by atoms with Crippen LogP contribution in [0.2, 0.25) is 0 Å². The summed E-state index contributed by atoms with van der Waals surface area (Å²) in [6.45, 7) is 4.87. The Bertz CT molecular complexity index is 628. The van der Waals surface area contributed by atoms with E-state index >= 15 is 0 Å². The van der Waals surface area contributed by atoms with Crippen LogP contribution in [0.3, 0.4) is 0 Å². The zero-order valence-electron chi connectivity index (χ0n) is 15.7. The fourth-order valence-electron chi connectivity index (χ4n) is 4.24. The fourth-order valence-corrected chi connectivity index (χ4v) is 4.24. The number of hydrogen-bond donors (Lipinski definition) is 1. The largest absolute Gasteiger partial charge is 0.352 e. The summed E-state index contributed by atoms with van der Waals surface area (Å²) in [5.74, 6) is -0.203. The number of nitrogens with one attached hydrogen (secondary N) is 1. The minimum absolute atomic E-state index is 0.152. The topological polar surface area (TPSA) is 50.8 Å². The number of nitrogens with zero attached hydrogens (tertiary/aromatic N) is 1. The first-order valence-corrected chi connectivity index (χ1v) is 9.99. The Morgan fingerprint density at radius 3 is 2.58 bits per heavy atom. The number of hydrogen-bond acceptors (Lipinski definition) is 4. The van der Waals surface area contributed by atoms with Gasteiger partial charge in [0, 0.05) is 31.5 Å². The van der Waals surface area contributed by atoms with Crippen LogP contribution in [0.15, 0.2) is 24.3 Å². The average Bonchev–Trinajstić information content (AvgIpc) is 3.37. The molecule has 26 heavy (non-hydrogen) atoms. The van der Waals surface area contributed by atoms with Crippen molar-refractivity contribution in [2.24, 2.45) is 0 Å². The van der Waals surface area contributed by atoms with E-state index in [-0.39, 0.29) is 17.7 Å². The van der Waals surface area contributed by atoms with Crippen LogP contribution in [-0.4, -0.2) is 48.4 Å². The molecular weight excluding hydrogens is 328 g/mol. The molecule has 0 unspecified atom stereocenters. The maximum absolute atomic E-state index is 12.6. The van der Waals surface area contributed by atoms with Gasteiger partial charge in [0.25, 0.3) is 0 Å². The van der Waals surface area contributed by atoms with Gasteiger partial charge in [0.1, 0.15) is 0 Å². The lowest BCUT2D eigenvalue weighted by molar-refractivity contribution is -0.180. The normalized spacial score (nSPS) is 22.8. The number of aryl methyl sites for hydroxylation is 1. The molecule has 4 rings (SSSR count). The molecule has 0 bridgehead atoms. The number of rotatable bonds is 6. The second-order valence-corrected chi connectivity index (χ2v) is 8.07. The predicted octanol–water partition coefficient (Wildman–Crippen LogP) is 2.76. The lowest BCUT2D eigenvalue weighted by Gasteiger charge is -2.35. The highest BCUT2D eigenvalue weighted by molar-refractivity contribution is 5.78. The summed E-state index contributed by atoms with van der Waals surface area (Å²) >= 11 is 0. The first-order chi connectivity index (χ1) is 12.6. The van der Waals surface area contributed by atoms with Gasteiger partial charge in [-0.1, -0.05) is 29.8 Å². The lowest BCUT2D eigenvalue weighted by Crippen LogP contribution is -2.47. The molecule has 3 aliphatic rings. The van der Waals surface area contributed by atoms with Gasteiger partial charge in [-0.05, 0) is 38.2 Å². The summed E-state index contributed by atoms with van der Waals surface area (Å²) in [5, 5.41) is 3.24. The van der Waals surface area contributed by atoms with E-state index in [1.807, 2.05) is 0 Å². The molecule has 1 heterocycles. The molecule has 1 spiro atoms. The Hall–Kier alpha value is -1.43. The molecule has 1 aliphatic heterocycles. The lowest BCUT2D eigenvalue weighted by atomic mass is 9.90. The Labute approximate surface area is 156 Å². The van der Waals surface area contributed by atoms with E-state index in [0.29, 0.717) is 25.8 Å². The van der Waals surface area contributed by atoms with Crippen molar-refractivity contribution >= 4 is 5.91 Å². The molecule has 1 saturated heterocycles. The Kier molecular flexibility index (Phi) is 5.30. The van der Waals surface area contributed by atoms with E-state index in [1.54, 1.807) is 0 Å². The molecule has 142 valence electrons. The first kappa shape index (κ1) is 18.0. The van der Waals surface area contributed by atoms with Crippen LogP contribution >= 0.6 is 0 Å².